The molecule has 0 fully saturated rings. The van der Waals surface area contributed by atoms with Crippen LogP contribution >= 0.6 is 0 Å². The Morgan fingerprint density at radius 3 is 2.66 bits per heavy atom. The molecule has 172 valence electrons. The molecular formula is C25H33FN4O2. The third kappa shape index (κ3) is 6.15. The van der Waals surface area contributed by atoms with Gasteiger partial charge in [-0.1, -0.05) is 32.6 Å². The van der Waals surface area contributed by atoms with Gasteiger partial charge < -0.3 is 20.5 Å². The number of nitrogens with zero attached hydrogens (tertiary/aromatic N) is 2. The molecule has 1 aliphatic heterocycles. The van der Waals surface area contributed by atoms with E-state index in [1.165, 1.54) is 17.0 Å². The Hall–Kier alpha value is -3.22. The van der Waals surface area contributed by atoms with Gasteiger partial charge in [0.1, 0.15) is 5.82 Å². The van der Waals surface area contributed by atoms with E-state index in [1.54, 1.807) is 37.2 Å². The Morgan fingerprint density at radius 2 is 2.03 bits per heavy atom. The van der Waals surface area contributed by atoms with E-state index in [9.17, 15) is 14.0 Å². The number of allylic oxidation sites excluding steroid dienone is 4. The molecule has 2 rings (SSSR count). The van der Waals surface area contributed by atoms with Crippen LogP contribution < -0.4 is 5.32 Å². The van der Waals surface area contributed by atoms with E-state index >= 15 is 0 Å². The molecule has 1 unspecified atom stereocenters. The molecule has 0 aromatic heterocycles. The fourth-order valence-electron chi connectivity index (χ4n) is 3.45. The zero-order valence-corrected chi connectivity index (χ0v) is 19.6. The number of amides is 3. The van der Waals surface area contributed by atoms with Crippen molar-refractivity contribution in [1.29, 1.82) is 5.41 Å². The van der Waals surface area contributed by atoms with Crippen LogP contribution in [0.4, 0.5) is 9.18 Å². The normalized spacial score (nSPS) is 14.7. The van der Waals surface area contributed by atoms with Crippen LogP contribution in [0.5, 0.6) is 0 Å². The molecule has 0 aliphatic carbocycles. The first-order chi connectivity index (χ1) is 15.0. The van der Waals surface area contributed by atoms with Crippen molar-refractivity contribution >= 4 is 17.6 Å². The fraction of sp³-hybridized carbons (Fsp3) is 0.400. The number of hydrogen-bond acceptors (Lipinski definition) is 3. The van der Waals surface area contributed by atoms with E-state index in [2.05, 4.69) is 11.9 Å². The maximum atomic E-state index is 14.6. The molecular weight excluding hydrogens is 407 g/mol. The molecule has 1 aromatic carbocycles. The van der Waals surface area contributed by atoms with E-state index in [4.69, 9.17) is 5.41 Å². The SMILES string of the molecule is C=C(/C=C\C=C(/C)C(=N)C(C)CC)NC(=O)c1cc2c(cc1F)CCN(C(=O)N(C)C)C2. The number of fused-ring (bicyclic) bond motifs is 1. The van der Waals surface area contributed by atoms with E-state index in [0.29, 0.717) is 30.9 Å². The van der Waals surface area contributed by atoms with Crippen LogP contribution in [0.15, 0.2) is 48.2 Å². The Morgan fingerprint density at radius 1 is 1.34 bits per heavy atom. The quantitative estimate of drug-likeness (QED) is 0.477. The molecule has 2 N–H and O–H groups in total. The van der Waals surface area contributed by atoms with E-state index in [-0.39, 0.29) is 17.5 Å². The fourth-order valence-corrected chi connectivity index (χ4v) is 3.45. The summed E-state index contributed by atoms with van der Waals surface area (Å²) in [5, 5.41) is 10.7. The predicted molar refractivity (Wildman–Crippen MR) is 126 cm³/mol. The summed E-state index contributed by atoms with van der Waals surface area (Å²) in [5.74, 6) is -1.01. The van der Waals surface area contributed by atoms with Crippen LogP contribution in [0.1, 0.15) is 48.7 Å². The Bertz CT molecular complexity index is 978. The monoisotopic (exact) mass is 440 g/mol. The topological polar surface area (TPSA) is 76.5 Å². The second-order valence-electron chi connectivity index (χ2n) is 8.36. The second-order valence-corrected chi connectivity index (χ2v) is 8.36. The summed E-state index contributed by atoms with van der Waals surface area (Å²) < 4.78 is 14.6. The molecule has 1 aromatic rings. The molecule has 1 atom stereocenters. The van der Waals surface area contributed by atoms with Gasteiger partial charge >= 0.3 is 6.03 Å². The highest BCUT2D eigenvalue weighted by Crippen LogP contribution is 2.23. The molecule has 0 spiro atoms. The van der Waals surface area contributed by atoms with Crippen LogP contribution in [0, 0.1) is 17.1 Å². The third-order valence-electron chi connectivity index (χ3n) is 5.65. The first kappa shape index (κ1) is 25.0. The summed E-state index contributed by atoms with van der Waals surface area (Å²) in [6.45, 7) is 10.6. The number of carbonyl (C=O) groups excluding carboxylic acids is 2. The van der Waals surface area contributed by atoms with Gasteiger partial charge in [-0.3, -0.25) is 4.79 Å². The van der Waals surface area contributed by atoms with Gasteiger partial charge in [0.25, 0.3) is 5.91 Å². The van der Waals surface area contributed by atoms with Gasteiger partial charge in [-0.25, -0.2) is 9.18 Å². The number of benzene rings is 1. The van der Waals surface area contributed by atoms with Crippen LogP contribution in [0.3, 0.4) is 0 Å². The zero-order valence-electron chi connectivity index (χ0n) is 19.6. The highest BCUT2D eigenvalue weighted by molar-refractivity contribution is 5.99. The molecule has 0 saturated heterocycles. The molecule has 0 bridgehead atoms. The maximum absolute atomic E-state index is 14.6. The minimum absolute atomic E-state index is 0.0808. The van der Waals surface area contributed by atoms with Gasteiger partial charge in [-0.15, -0.1) is 0 Å². The van der Waals surface area contributed by atoms with E-state index in [1.807, 2.05) is 20.8 Å². The minimum Gasteiger partial charge on any atom is -0.331 e. The predicted octanol–water partition coefficient (Wildman–Crippen LogP) is 4.68. The van der Waals surface area contributed by atoms with Gasteiger partial charge in [0, 0.05) is 38.6 Å². The Kier molecular flexibility index (Phi) is 8.52. The first-order valence-electron chi connectivity index (χ1n) is 10.8. The number of hydrogen-bond donors (Lipinski definition) is 2. The highest BCUT2D eigenvalue weighted by atomic mass is 19.1. The van der Waals surface area contributed by atoms with E-state index in [0.717, 1.165) is 23.1 Å². The van der Waals surface area contributed by atoms with Crippen molar-refractivity contribution in [3.63, 3.8) is 0 Å². The lowest BCUT2D eigenvalue weighted by molar-refractivity contribution is 0.0963. The van der Waals surface area contributed by atoms with Crippen LogP contribution in [-0.2, 0) is 13.0 Å². The highest BCUT2D eigenvalue weighted by Gasteiger charge is 2.24. The number of urea groups is 1. The first-order valence-corrected chi connectivity index (χ1v) is 10.8. The molecule has 0 radical (unpaired) electrons. The molecule has 1 aliphatic rings. The largest absolute Gasteiger partial charge is 0.331 e. The van der Waals surface area contributed by atoms with Gasteiger partial charge in [0.05, 0.1) is 5.56 Å². The summed E-state index contributed by atoms with van der Waals surface area (Å²) >= 11 is 0. The minimum atomic E-state index is -0.594. The third-order valence-corrected chi connectivity index (χ3v) is 5.65. The summed E-state index contributed by atoms with van der Waals surface area (Å²) in [5.41, 5.74) is 3.22. The number of carbonyl (C=O) groups is 2. The van der Waals surface area contributed by atoms with Crippen molar-refractivity contribution in [3.05, 3.63) is 70.7 Å². The van der Waals surface area contributed by atoms with Crippen molar-refractivity contribution in [2.24, 2.45) is 5.92 Å². The van der Waals surface area contributed by atoms with E-state index < -0.39 is 11.7 Å². The van der Waals surface area contributed by atoms with Crippen molar-refractivity contribution in [2.45, 2.75) is 40.2 Å². The van der Waals surface area contributed by atoms with Crippen LogP contribution in [0.25, 0.3) is 0 Å². The molecule has 6 nitrogen and oxygen atoms in total. The zero-order chi connectivity index (χ0) is 24.0. The summed E-state index contributed by atoms with van der Waals surface area (Å²) in [4.78, 5) is 28.1. The van der Waals surface area contributed by atoms with Gasteiger partial charge in [-0.2, -0.15) is 0 Å². The molecule has 7 heteroatoms. The molecule has 3 amide bonds. The Labute approximate surface area is 190 Å². The van der Waals surface area contributed by atoms with Crippen molar-refractivity contribution in [1.82, 2.24) is 15.1 Å². The average molecular weight is 441 g/mol. The number of nitrogens with one attached hydrogen (secondary N) is 2. The van der Waals surface area contributed by atoms with Gasteiger partial charge in [0.15, 0.2) is 0 Å². The second kappa shape index (κ2) is 10.9. The van der Waals surface area contributed by atoms with Crippen molar-refractivity contribution < 1.29 is 14.0 Å². The lowest BCUT2D eigenvalue weighted by Gasteiger charge is -2.31. The summed E-state index contributed by atoms with van der Waals surface area (Å²) in [6.07, 6.45) is 6.55. The lowest BCUT2D eigenvalue weighted by atomic mass is 9.96. The number of halogens is 1. The average Bonchev–Trinajstić information content (AvgIpc) is 2.76. The van der Waals surface area contributed by atoms with Gasteiger partial charge in [-0.05, 0) is 60.6 Å². The lowest BCUT2D eigenvalue weighted by Crippen LogP contribution is -2.42. The number of rotatable bonds is 7. The van der Waals surface area contributed by atoms with Gasteiger partial charge in [0.2, 0.25) is 0 Å². The standard InChI is InChI=1S/C25H33FN4O2/c1-7-16(2)23(27)17(3)9-8-10-18(4)28-24(31)21-13-20-15-30(25(32)29(5)6)12-11-19(20)14-22(21)26/h8-10,13-14,16,27H,4,7,11-12,15H2,1-3,5-6H3,(H,28,31)/b10-8-,17-9+,27-23?. The van der Waals surface area contributed by atoms with Crippen molar-refractivity contribution in [3.8, 4) is 0 Å². The van der Waals surface area contributed by atoms with Crippen LogP contribution in [0.2, 0.25) is 0 Å². The molecule has 32 heavy (non-hydrogen) atoms. The maximum Gasteiger partial charge on any atom is 0.319 e. The summed E-state index contributed by atoms with van der Waals surface area (Å²) in [6, 6.07) is 2.78. The molecule has 1 heterocycles. The summed E-state index contributed by atoms with van der Waals surface area (Å²) in [7, 11) is 3.37. The van der Waals surface area contributed by atoms with Crippen LogP contribution in [-0.4, -0.2) is 48.1 Å². The molecule has 0 saturated carbocycles. The van der Waals surface area contributed by atoms with Crippen molar-refractivity contribution in [2.75, 3.05) is 20.6 Å². The smallest absolute Gasteiger partial charge is 0.319 e. The Balaban J connectivity index is 2.09.